The Morgan fingerprint density at radius 2 is 1.79 bits per heavy atom. The van der Waals surface area contributed by atoms with Crippen molar-refractivity contribution in [3.63, 3.8) is 0 Å². The van der Waals surface area contributed by atoms with Gasteiger partial charge in [0.25, 0.3) is 0 Å². The Morgan fingerprint density at radius 3 is 2.39 bits per heavy atom. The first-order valence-corrected chi connectivity index (χ1v) is 12.1. The van der Waals surface area contributed by atoms with Crippen molar-refractivity contribution in [2.24, 2.45) is 0 Å². The van der Waals surface area contributed by atoms with Crippen LogP contribution >= 0.6 is 23.5 Å². The van der Waals surface area contributed by atoms with Gasteiger partial charge >= 0.3 is 6.03 Å². The first-order valence-electron chi connectivity index (χ1n) is 9.69. The number of aryl methyl sites for hydroxylation is 2. The number of benzene rings is 1. The van der Waals surface area contributed by atoms with Crippen LogP contribution in [0.3, 0.4) is 0 Å². The fourth-order valence-corrected chi connectivity index (χ4v) is 5.28. The number of hydrogen-bond acceptors (Lipinski definition) is 4. The molecule has 1 aliphatic rings. The summed E-state index contributed by atoms with van der Waals surface area (Å²) >= 11 is 3.18. The third-order valence-electron chi connectivity index (χ3n) is 5.54. The molecule has 3 rings (SSSR count). The van der Waals surface area contributed by atoms with E-state index in [4.69, 9.17) is 0 Å². The summed E-state index contributed by atoms with van der Waals surface area (Å²) in [7, 11) is 0. The van der Waals surface area contributed by atoms with Crippen LogP contribution in [0.25, 0.3) is 0 Å². The molecule has 0 saturated heterocycles. The molecule has 0 bridgehead atoms. The van der Waals surface area contributed by atoms with E-state index in [-0.39, 0.29) is 11.4 Å². The van der Waals surface area contributed by atoms with Crippen molar-refractivity contribution >= 4 is 35.2 Å². The number of carbonyl (C=O) groups excluding carboxylic acids is 1. The van der Waals surface area contributed by atoms with Gasteiger partial charge in [0.2, 0.25) is 0 Å². The number of hydrogen-bond donors (Lipinski definition) is 2. The average Bonchev–Trinajstić information content (AvgIpc) is 3.18. The highest BCUT2D eigenvalue weighted by molar-refractivity contribution is 7.99. The molecular formula is C22H29N3OS2. The van der Waals surface area contributed by atoms with Gasteiger partial charge in [-0.1, -0.05) is 42.7 Å². The molecule has 1 aromatic carbocycles. The molecule has 1 saturated carbocycles. The summed E-state index contributed by atoms with van der Waals surface area (Å²) < 4.78 is 0. The number of nitrogens with zero attached hydrogens (tertiary/aromatic N) is 1. The third kappa shape index (κ3) is 4.66. The second kappa shape index (κ2) is 9.23. The second-order valence-electron chi connectivity index (χ2n) is 7.51. The largest absolute Gasteiger partial charge is 0.337 e. The molecule has 0 aliphatic heterocycles. The molecule has 1 aliphatic carbocycles. The van der Waals surface area contributed by atoms with E-state index in [1.807, 2.05) is 25.5 Å². The van der Waals surface area contributed by atoms with Crippen LogP contribution in [-0.4, -0.2) is 30.1 Å². The van der Waals surface area contributed by atoms with Gasteiger partial charge in [-0.15, -0.1) is 23.5 Å². The fourth-order valence-electron chi connectivity index (χ4n) is 3.97. The highest BCUT2D eigenvalue weighted by Crippen LogP contribution is 2.41. The van der Waals surface area contributed by atoms with Gasteiger partial charge < -0.3 is 10.6 Å². The molecule has 150 valence electrons. The van der Waals surface area contributed by atoms with Crippen LogP contribution in [0.5, 0.6) is 0 Å². The third-order valence-corrected chi connectivity index (χ3v) is 6.99. The van der Waals surface area contributed by atoms with Gasteiger partial charge in [0.05, 0.1) is 5.69 Å². The summed E-state index contributed by atoms with van der Waals surface area (Å²) in [6.07, 6.45) is 8.68. The molecule has 0 unspecified atom stereocenters. The lowest BCUT2D eigenvalue weighted by molar-refractivity contribution is 0.248. The Morgan fingerprint density at radius 1 is 1.11 bits per heavy atom. The molecule has 0 atom stereocenters. The smallest absolute Gasteiger partial charge is 0.319 e. The maximum absolute atomic E-state index is 12.7. The van der Waals surface area contributed by atoms with Gasteiger partial charge in [0.1, 0.15) is 5.03 Å². The standard InChI is InChI=1S/C22H29N3OS2/c1-15-7-9-17(10-8-15)22(11-5-6-12-22)14-23-21(26)25-19-18(27-3)13-16(2)24-20(19)28-4/h7-10,13H,5-6,11-12,14H2,1-4H3,(H2,23,25,26). The summed E-state index contributed by atoms with van der Waals surface area (Å²) in [6, 6.07) is 10.6. The van der Waals surface area contributed by atoms with E-state index in [0.717, 1.165) is 34.1 Å². The van der Waals surface area contributed by atoms with Gasteiger partial charge in [-0.05, 0) is 50.8 Å². The van der Waals surface area contributed by atoms with Crippen molar-refractivity contribution in [2.45, 2.75) is 54.9 Å². The summed E-state index contributed by atoms with van der Waals surface area (Å²) in [5, 5.41) is 7.06. The van der Waals surface area contributed by atoms with Gasteiger partial charge in [-0.2, -0.15) is 0 Å². The molecule has 4 nitrogen and oxygen atoms in total. The molecular weight excluding hydrogens is 386 g/mol. The topological polar surface area (TPSA) is 54.0 Å². The van der Waals surface area contributed by atoms with E-state index in [9.17, 15) is 4.79 Å². The quantitative estimate of drug-likeness (QED) is 0.588. The Labute approximate surface area is 176 Å². The number of carbonyl (C=O) groups is 1. The Kier molecular flexibility index (Phi) is 6.94. The Hall–Kier alpha value is -1.66. The molecule has 1 aromatic heterocycles. The SMILES string of the molecule is CSc1cc(C)nc(SC)c1NC(=O)NCC1(c2ccc(C)cc2)CCCC1. The number of rotatable bonds is 6. The van der Waals surface area contributed by atoms with Gasteiger partial charge in [0, 0.05) is 22.5 Å². The monoisotopic (exact) mass is 415 g/mol. The lowest BCUT2D eigenvalue weighted by atomic mass is 9.78. The molecule has 6 heteroatoms. The van der Waals surface area contributed by atoms with Crippen molar-refractivity contribution in [3.8, 4) is 0 Å². The zero-order valence-corrected chi connectivity index (χ0v) is 18.7. The molecule has 1 heterocycles. The molecule has 2 amide bonds. The van der Waals surface area contributed by atoms with Crippen molar-refractivity contribution in [1.29, 1.82) is 0 Å². The van der Waals surface area contributed by atoms with Crippen molar-refractivity contribution < 1.29 is 4.79 Å². The normalized spacial score (nSPS) is 15.4. The molecule has 1 fully saturated rings. The molecule has 2 aromatic rings. The molecule has 2 N–H and O–H groups in total. The maximum atomic E-state index is 12.7. The second-order valence-corrected chi connectivity index (χ2v) is 9.15. The van der Waals surface area contributed by atoms with E-state index in [0.29, 0.717) is 6.54 Å². The van der Waals surface area contributed by atoms with Crippen LogP contribution in [-0.2, 0) is 5.41 Å². The lowest BCUT2D eigenvalue weighted by Crippen LogP contribution is -2.41. The van der Waals surface area contributed by atoms with Crippen LogP contribution < -0.4 is 10.6 Å². The van der Waals surface area contributed by atoms with E-state index in [2.05, 4.69) is 46.8 Å². The predicted octanol–water partition coefficient (Wildman–Crippen LogP) is 5.78. The van der Waals surface area contributed by atoms with Crippen molar-refractivity contribution in [1.82, 2.24) is 10.3 Å². The summed E-state index contributed by atoms with van der Waals surface area (Å²) in [6.45, 7) is 4.75. The van der Waals surface area contributed by atoms with E-state index in [1.165, 1.54) is 24.0 Å². The zero-order chi connectivity index (χ0) is 20.1. The van der Waals surface area contributed by atoms with Crippen LogP contribution in [0.4, 0.5) is 10.5 Å². The summed E-state index contributed by atoms with van der Waals surface area (Å²) in [4.78, 5) is 18.4. The molecule has 28 heavy (non-hydrogen) atoms. The number of nitrogens with one attached hydrogen (secondary N) is 2. The van der Waals surface area contributed by atoms with E-state index in [1.54, 1.807) is 23.5 Å². The zero-order valence-electron chi connectivity index (χ0n) is 17.1. The van der Waals surface area contributed by atoms with Crippen LogP contribution in [0.2, 0.25) is 0 Å². The number of aromatic nitrogens is 1. The van der Waals surface area contributed by atoms with Crippen LogP contribution in [0, 0.1) is 13.8 Å². The number of anilines is 1. The van der Waals surface area contributed by atoms with Gasteiger partial charge in [0.15, 0.2) is 0 Å². The number of thioether (sulfide) groups is 2. The molecule has 0 spiro atoms. The highest BCUT2D eigenvalue weighted by atomic mass is 32.2. The van der Waals surface area contributed by atoms with Crippen LogP contribution in [0.15, 0.2) is 40.3 Å². The molecule has 0 radical (unpaired) electrons. The Balaban J connectivity index is 1.74. The number of urea groups is 1. The van der Waals surface area contributed by atoms with E-state index >= 15 is 0 Å². The van der Waals surface area contributed by atoms with Crippen LogP contribution in [0.1, 0.15) is 42.5 Å². The Bertz CT molecular complexity index is 805. The average molecular weight is 416 g/mol. The van der Waals surface area contributed by atoms with E-state index < -0.39 is 0 Å². The maximum Gasteiger partial charge on any atom is 0.319 e. The number of amides is 2. The minimum Gasteiger partial charge on any atom is -0.337 e. The minimum absolute atomic E-state index is 0.0429. The first kappa shape index (κ1) is 21.1. The van der Waals surface area contributed by atoms with Crippen molar-refractivity contribution in [2.75, 3.05) is 24.4 Å². The first-order chi connectivity index (χ1) is 13.5. The fraction of sp³-hybridized carbons (Fsp3) is 0.455. The highest BCUT2D eigenvalue weighted by Gasteiger charge is 2.35. The summed E-state index contributed by atoms with van der Waals surface area (Å²) in [5.74, 6) is 0. The number of pyridine rings is 1. The van der Waals surface area contributed by atoms with Gasteiger partial charge in [-0.25, -0.2) is 9.78 Å². The van der Waals surface area contributed by atoms with Crippen molar-refractivity contribution in [3.05, 3.63) is 47.2 Å². The lowest BCUT2D eigenvalue weighted by Gasteiger charge is -2.30. The predicted molar refractivity (Wildman–Crippen MR) is 121 cm³/mol. The minimum atomic E-state index is -0.158. The summed E-state index contributed by atoms with van der Waals surface area (Å²) in [5.41, 5.74) is 4.41. The van der Waals surface area contributed by atoms with Gasteiger partial charge in [-0.3, -0.25) is 0 Å².